The van der Waals surface area contributed by atoms with Crippen molar-refractivity contribution in [2.45, 2.75) is 25.9 Å². The van der Waals surface area contributed by atoms with E-state index in [1.807, 2.05) is 0 Å². The maximum Gasteiger partial charge on any atom is 0.187 e. The molecule has 2 rings (SSSR count). The van der Waals surface area contributed by atoms with Gasteiger partial charge in [0.05, 0.1) is 27.5 Å². The van der Waals surface area contributed by atoms with Crippen LogP contribution in [0.4, 0.5) is 0 Å². The van der Waals surface area contributed by atoms with Crippen molar-refractivity contribution < 1.29 is 14.6 Å². The largest absolute Gasteiger partial charge is 0.544 e. The smallest absolute Gasteiger partial charge is 0.187 e. The minimum absolute atomic E-state index is 0.179. The molecule has 0 bridgehead atoms. The third-order valence-electron chi connectivity index (χ3n) is 3.00. The van der Waals surface area contributed by atoms with Crippen LogP contribution in [0.1, 0.15) is 34.3 Å². The average Bonchev–Trinajstić information content (AvgIpc) is 3.12. The highest BCUT2D eigenvalue weighted by atomic mass is 32.1. The first-order valence-electron chi connectivity index (χ1n) is 6.57. The number of hydrazone groups is 1. The Morgan fingerprint density at radius 3 is 2.95 bits per heavy atom. The maximum atomic E-state index is 10.7. The molecule has 1 fully saturated rings. The SMILES string of the molecule is C/C(=N/NC(=S)NC[C@H]1CCCO1)c1ccc(C(=O)[O-])s1. The highest BCUT2D eigenvalue weighted by Gasteiger charge is 2.15. The van der Waals surface area contributed by atoms with Gasteiger partial charge in [-0.2, -0.15) is 5.10 Å². The first-order valence-corrected chi connectivity index (χ1v) is 7.80. The van der Waals surface area contributed by atoms with Crippen molar-refractivity contribution in [3.8, 4) is 0 Å². The molecule has 0 amide bonds. The molecular formula is C13H16N3O3S2-. The summed E-state index contributed by atoms with van der Waals surface area (Å²) in [5.74, 6) is -1.18. The van der Waals surface area contributed by atoms with Crippen LogP contribution in [0.5, 0.6) is 0 Å². The second kappa shape index (κ2) is 7.48. The molecule has 1 aliphatic rings. The van der Waals surface area contributed by atoms with Crippen LogP contribution in [0, 0.1) is 0 Å². The maximum absolute atomic E-state index is 10.7. The molecule has 0 aromatic carbocycles. The van der Waals surface area contributed by atoms with Gasteiger partial charge in [0.15, 0.2) is 5.11 Å². The minimum atomic E-state index is -1.18. The van der Waals surface area contributed by atoms with Gasteiger partial charge in [-0.15, -0.1) is 11.3 Å². The lowest BCUT2D eigenvalue weighted by Gasteiger charge is -2.12. The molecule has 1 aromatic heterocycles. The number of carbonyl (C=O) groups excluding carboxylic acids is 1. The number of hydrogen-bond donors (Lipinski definition) is 2. The van der Waals surface area contributed by atoms with Gasteiger partial charge in [-0.1, -0.05) is 0 Å². The molecule has 1 saturated heterocycles. The second-order valence-corrected chi connectivity index (χ2v) is 6.10. The molecule has 0 aliphatic carbocycles. The average molecular weight is 326 g/mol. The third kappa shape index (κ3) is 4.76. The Labute approximate surface area is 132 Å². The number of rotatable bonds is 5. The number of carboxylic acids is 1. The predicted octanol–water partition coefficient (Wildman–Crippen LogP) is 0.479. The van der Waals surface area contributed by atoms with Gasteiger partial charge in [0.2, 0.25) is 0 Å². The van der Waals surface area contributed by atoms with Gasteiger partial charge >= 0.3 is 0 Å². The van der Waals surface area contributed by atoms with Gasteiger partial charge in [-0.25, -0.2) is 0 Å². The molecule has 0 spiro atoms. The van der Waals surface area contributed by atoms with E-state index in [1.54, 1.807) is 13.0 Å². The molecule has 0 radical (unpaired) electrons. The van der Waals surface area contributed by atoms with E-state index in [-0.39, 0.29) is 11.0 Å². The Balaban J connectivity index is 1.81. The number of nitrogens with zero attached hydrogens (tertiary/aromatic N) is 1. The monoisotopic (exact) mass is 326 g/mol. The molecule has 21 heavy (non-hydrogen) atoms. The van der Waals surface area contributed by atoms with Gasteiger partial charge < -0.3 is 20.0 Å². The molecule has 2 N–H and O–H groups in total. The number of hydrogen-bond acceptors (Lipinski definition) is 6. The molecule has 1 atom stereocenters. The molecule has 114 valence electrons. The topological polar surface area (TPSA) is 85.8 Å². The summed E-state index contributed by atoms with van der Waals surface area (Å²) < 4.78 is 5.48. The van der Waals surface area contributed by atoms with Gasteiger partial charge in [-0.3, -0.25) is 5.43 Å². The molecular weight excluding hydrogens is 310 g/mol. The zero-order valence-corrected chi connectivity index (χ0v) is 13.2. The number of thiocarbonyl (C=S) groups is 1. The zero-order chi connectivity index (χ0) is 15.2. The van der Waals surface area contributed by atoms with E-state index in [4.69, 9.17) is 17.0 Å². The van der Waals surface area contributed by atoms with Crippen molar-refractivity contribution in [2.24, 2.45) is 5.10 Å². The Morgan fingerprint density at radius 2 is 2.33 bits per heavy atom. The Hall–Kier alpha value is -1.51. The lowest BCUT2D eigenvalue weighted by Crippen LogP contribution is -2.37. The van der Waals surface area contributed by atoms with Gasteiger partial charge in [0, 0.05) is 13.2 Å². The normalized spacial score (nSPS) is 18.5. The van der Waals surface area contributed by atoms with Crippen molar-refractivity contribution in [3.05, 3.63) is 21.9 Å². The molecule has 1 aliphatic heterocycles. The van der Waals surface area contributed by atoms with Crippen molar-refractivity contribution in [1.29, 1.82) is 0 Å². The summed E-state index contributed by atoms with van der Waals surface area (Å²) in [6.07, 6.45) is 2.33. The number of carboxylic acid groups (broad SMARTS) is 1. The quantitative estimate of drug-likeness (QED) is 0.465. The number of carbonyl (C=O) groups is 1. The summed E-state index contributed by atoms with van der Waals surface area (Å²) in [4.78, 5) is 11.6. The molecule has 2 heterocycles. The Kier molecular flexibility index (Phi) is 5.66. The van der Waals surface area contributed by atoms with Gasteiger partial charge in [-0.05, 0) is 44.1 Å². The van der Waals surface area contributed by atoms with E-state index in [9.17, 15) is 9.90 Å². The Morgan fingerprint density at radius 1 is 1.57 bits per heavy atom. The van der Waals surface area contributed by atoms with Crippen molar-refractivity contribution in [2.75, 3.05) is 13.2 Å². The molecule has 1 aromatic rings. The number of aromatic carboxylic acids is 1. The van der Waals surface area contributed by atoms with Crippen LogP contribution in [0.15, 0.2) is 17.2 Å². The highest BCUT2D eigenvalue weighted by molar-refractivity contribution is 7.80. The summed E-state index contributed by atoms with van der Waals surface area (Å²) in [5, 5.41) is 18.3. The van der Waals surface area contributed by atoms with E-state index >= 15 is 0 Å². The first kappa shape index (κ1) is 15.9. The van der Waals surface area contributed by atoms with Crippen LogP contribution in [-0.2, 0) is 4.74 Å². The summed E-state index contributed by atoms with van der Waals surface area (Å²) in [5.41, 5.74) is 3.40. The summed E-state index contributed by atoms with van der Waals surface area (Å²) in [7, 11) is 0. The molecule has 0 saturated carbocycles. The summed E-state index contributed by atoms with van der Waals surface area (Å²) >= 11 is 6.24. The third-order valence-corrected chi connectivity index (χ3v) is 4.41. The first-order chi connectivity index (χ1) is 10.1. The van der Waals surface area contributed by atoms with Crippen LogP contribution >= 0.6 is 23.6 Å². The van der Waals surface area contributed by atoms with Gasteiger partial charge in [0.25, 0.3) is 0 Å². The minimum Gasteiger partial charge on any atom is -0.544 e. The van der Waals surface area contributed by atoms with Crippen molar-refractivity contribution in [1.82, 2.24) is 10.7 Å². The van der Waals surface area contributed by atoms with Crippen LogP contribution in [0.25, 0.3) is 0 Å². The zero-order valence-electron chi connectivity index (χ0n) is 11.5. The van der Waals surface area contributed by atoms with E-state index in [2.05, 4.69) is 15.8 Å². The second-order valence-electron chi connectivity index (χ2n) is 4.61. The fourth-order valence-corrected chi connectivity index (χ4v) is 2.80. The van der Waals surface area contributed by atoms with E-state index in [0.29, 0.717) is 17.4 Å². The van der Waals surface area contributed by atoms with E-state index in [1.165, 1.54) is 6.07 Å². The van der Waals surface area contributed by atoms with Crippen molar-refractivity contribution in [3.63, 3.8) is 0 Å². The standard InChI is InChI=1S/C13H17N3O3S2/c1-8(10-4-5-11(21-10)12(17)18)15-16-13(20)14-7-9-3-2-6-19-9/h4-5,9H,2-3,6-7H2,1H3,(H,17,18)(H2,14,16,20)/p-1/b15-8-/t9-/m1/s1. The van der Waals surface area contributed by atoms with Crippen LogP contribution < -0.4 is 15.8 Å². The predicted molar refractivity (Wildman–Crippen MR) is 83.6 cm³/mol. The lowest BCUT2D eigenvalue weighted by molar-refractivity contribution is -0.254. The summed E-state index contributed by atoms with van der Waals surface area (Å²) in [6, 6.07) is 3.20. The highest BCUT2D eigenvalue weighted by Crippen LogP contribution is 2.16. The molecule has 8 heteroatoms. The van der Waals surface area contributed by atoms with Gasteiger partial charge in [0.1, 0.15) is 0 Å². The lowest BCUT2D eigenvalue weighted by atomic mass is 10.2. The summed E-state index contributed by atoms with van der Waals surface area (Å²) in [6.45, 7) is 3.25. The van der Waals surface area contributed by atoms with Crippen molar-refractivity contribution >= 4 is 40.3 Å². The number of nitrogens with one attached hydrogen (secondary N) is 2. The fraction of sp³-hybridized carbons (Fsp3) is 0.462. The van der Waals surface area contributed by atoms with Crippen LogP contribution in [-0.4, -0.2) is 36.0 Å². The van der Waals surface area contributed by atoms with Crippen LogP contribution in [0.3, 0.4) is 0 Å². The van der Waals surface area contributed by atoms with Crippen LogP contribution in [0.2, 0.25) is 0 Å². The van der Waals surface area contributed by atoms with E-state index in [0.717, 1.165) is 35.7 Å². The number of thiophene rings is 1. The Bertz CT molecular complexity index is 551. The number of ether oxygens (including phenoxy) is 1. The molecule has 0 unspecified atom stereocenters. The molecule has 6 nitrogen and oxygen atoms in total. The fourth-order valence-electron chi connectivity index (χ4n) is 1.88. The van der Waals surface area contributed by atoms with E-state index < -0.39 is 5.97 Å².